The van der Waals surface area contributed by atoms with Crippen molar-refractivity contribution < 1.29 is 14.7 Å². The summed E-state index contributed by atoms with van der Waals surface area (Å²) in [4.78, 5) is 25.5. The van der Waals surface area contributed by atoms with Crippen LogP contribution in [0.4, 0.5) is 5.69 Å². The van der Waals surface area contributed by atoms with Crippen molar-refractivity contribution in [2.45, 2.75) is 26.7 Å². The van der Waals surface area contributed by atoms with Crippen molar-refractivity contribution in [1.82, 2.24) is 4.90 Å². The largest absolute Gasteiger partial charge is 0.481 e. The maximum absolute atomic E-state index is 12.5. The van der Waals surface area contributed by atoms with Gasteiger partial charge in [-0.05, 0) is 44.5 Å². The highest BCUT2D eigenvalue weighted by molar-refractivity contribution is 5.95. The van der Waals surface area contributed by atoms with Crippen LogP contribution >= 0.6 is 0 Å². The van der Waals surface area contributed by atoms with E-state index in [1.165, 1.54) is 0 Å². The van der Waals surface area contributed by atoms with Crippen LogP contribution in [0.5, 0.6) is 0 Å². The summed E-state index contributed by atoms with van der Waals surface area (Å²) >= 11 is 0. The summed E-state index contributed by atoms with van der Waals surface area (Å²) in [7, 11) is 0. The van der Waals surface area contributed by atoms with Crippen LogP contribution in [-0.4, -0.2) is 47.2 Å². The Morgan fingerprint density at radius 2 is 1.91 bits per heavy atom. The van der Waals surface area contributed by atoms with Crippen LogP contribution in [0.1, 0.15) is 37.0 Å². The molecule has 1 amide bonds. The topological polar surface area (TPSA) is 73.2 Å². The van der Waals surface area contributed by atoms with Gasteiger partial charge in [0.05, 0.1) is 11.1 Å². The quantitative estimate of drug-likeness (QED) is 0.928. The molecule has 0 spiro atoms. The smallest absolute Gasteiger partial charge is 0.311 e. The molecule has 1 atom stereocenters. The van der Waals surface area contributed by atoms with E-state index in [0.29, 0.717) is 18.5 Å². The van der Waals surface area contributed by atoms with E-state index in [1.807, 2.05) is 24.1 Å². The number of carboxylic acid groups (broad SMARTS) is 1. The van der Waals surface area contributed by atoms with Gasteiger partial charge in [-0.2, -0.15) is 5.10 Å². The molecule has 1 aromatic carbocycles. The average molecular weight is 315 g/mol. The van der Waals surface area contributed by atoms with Gasteiger partial charge in [0, 0.05) is 37.3 Å². The molecule has 1 saturated heterocycles. The van der Waals surface area contributed by atoms with Gasteiger partial charge in [-0.3, -0.25) is 14.6 Å². The maximum atomic E-state index is 12.5. The molecule has 23 heavy (non-hydrogen) atoms. The fourth-order valence-corrected chi connectivity index (χ4v) is 3.03. The predicted molar refractivity (Wildman–Crippen MR) is 87.8 cm³/mol. The number of aliphatic carboxylic acids is 1. The van der Waals surface area contributed by atoms with Gasteiger partial charge in [-0.1, -0.05) is 0 Å². The van der Waals surface area contributed by atoms with E-state index >= 15 is 0 Å². The highest BCUT2D eigenvalue weighted by atomic mass is 16.4. The average Bonchev–Trinajstić information content (AvgIpc) is 3.14. The monoisotopic (exact) mass is 315 g/mol. The molecule has 2 aliphatic heterocycles. The van der Waals surface area contributed by atoms with Gasteiger partial charge in [0.15, 0.2) is 0 Å². The first-order valence-corrected chi connectivity index (χ1v) is 7.83. The summed E-state index contributed by atoms with van der Waals surface area (Å²) in [5.41, 5.74) is 1.82. The highest BCUT2D eigenvalue weighted by Crippen LogP contribution is 2.31. The Labute approximate surface area is 135 Å². The third-order valence-corrected chi connectivity index (χ3v) is 4.67. The van der Waals surface area contributed by atoms with Gasteiger partial charge in [0.25, 0.3) is 5.91 Å². The third-order valence-electron chi connectivity index (χ3n) is 4.67. The van der Waals surface area contributed by atoms with Crippen molar-refractivity contribution in [3.05, 3.63) is 29.8 Å². The lowest BCUT2D eigenvalue weighted by Gasteiger charge is -2.20. The fourth-order valence-electron chi connectivity index (χ4n) is 3.03. The second-order valence-electron chi connectivity index (χ2n) is 6.60. The molecule has 1 fully saturated rings. The van der Waals surface area contributed by atoms with E-state index in [-0.39, 0.29) is 12.5 Å². The zero-order valence-electron chi connectivity index (χ0n) is 13.5. The lowest BCUT2D eigenvalue weighted by Crippen LogP contribution is -2.34. The van der Waals surface area contributed by atoms with Crippen molar-refractivity contribution in [3.63, 3.8) is 0 Å². The number of carbonyl (C=O) groups is 2. The fraction of sp³-hybridized carbons (Fsp3) is 0.471. The Kier molecular flexibility index (Phi) is 3.83. The second kappa shape index (κ2) is 5.68. The second-order valence-corrected chi connectivity index (χ2v) is 6.60. The molecule has 122 valence electrons. The summed E-state index contributed by atoms with van der Waals surface area (Å²) in [6.45, 7) is 5.31. The van der Waals surface area contributed by atoms with E-state index in [9.17, 15) is 14.7 Å². The molecule has 1 unspecified atom stereocenters. The summed E-state index contributed by atoms with van der Waals surface area (Å²) < 4.78 is 0. The molecule has 0 bridgehead atoms. The number of rotatable bonds is 3. The Balaban J connectivity index is 1.70. The highest BCUT2D eigenvalue weighted by Gasteiger charge is 2.42. The molecule has 3 rings (SSSR count). The zero-order valence-corrected chi connectivity index (χ0v) is 13.5. The van der Waals surface area contributed by atoms with Crippen LogP contribution in [-0.2, 0) is 4.79 Å². The first kappa shape index (κ1) is 15.5. The Hall–Kier alpha value is -2.37. The van der Waals surface area contributed by atoms with Crippen molar-refractivity contribution in [2.24, 2.45) is 10.5 Å². The summed E-state index contributed by atoms with van der Waals surface area (Å²) in [6.07, 6.45) is 1.45. The van der Waals surface area contributed by atoms with E-state index in [1.54, 1.807) is 24.0 Å². The third kappa shape index (κ3) is 2.93. The number of hydrogen-bond acceptors (Lipinski definition) is 4. The Bertz CT molecular complexity index is 668. The molecule has 0 radical (unpaired) electrons. The van der Waals surface area contributed by atoms with E-state index in [4.69, 9.17) is 0 Å². The summed E-state index contributed by atoms with van der Waals surface area (Å²) in [5, 5.41) is 15.6. The molecular weight excluding hydrogens is 294 g/mol. The van der Waals surface area contributed by atoms with Crippen molar-refractivity contribution in [1.29, 1.82) is 0 Å². The maximum Gasteiger partial charge on any atom is 0.311 e. The first-order chi connectivity index (χ1) is 10.9. The molecule has 0 aliphatic carbocycles. The minimum atomic E-state index is -0.842. The number of benzene rings is 1. The van der Waals surface area contributed by atoms with Crippen LogP contribution < -0.4 is 5.01 Å². The zero-order chi connectivity index (χ0) is 16.6. The molecule has 0 saturated carbocycles. The van der Waals surface area contributed by atoms with Crippen LogP contribution in [0.2, 0.25) is 0 Å². The van der Waals surface area contributed by atoms with Crippen molar-refractivity contribution in [2.75, 3.05) is 24.6 Å². The van der Waals surface area contributed by atoms with Crippen molar-refractivity contribution >= 4 is 23.3 Å². The number of likely N-dealkylation sites (tertiary alicyclic amines) is 1. The normalized spacial score (nSPS) is 24.0. The molecule has 2 heterocycles. The lowest BCUT2D eigenvalue weighted by molar-refractivity contribution is -0.147. The number of nitrogens with zero attached hydrogens (tertiary/aromatic N) is 3. The summed E-state index contributed by atoms with van der Waals surface area (Å²) in [6, 6.07) is 7.36. The lowest BCUT2D eigenvalue weighted by atomic mass is 9.90. The minimum Gasteiger partial charge on any atom is -0.481 e. The standard InChI is InChI=1S/C17H21N3O3/c1-12-7-9-20(18-12)14-5-3-13(4-6-14)15(21)19-10-8-17(2,11-19)16(22)23/h3-6H,7-11H2,1-2H3,(H,22,23). The van der Waals surface area contributed by atoms with Gasteiger partial charge < -0.3 is 10.0 Å². The number of anilines is 1. The predicted octanol–water partition coefficient (Wildman–Crippen LogP) is 2.21. The molecule has 1 N–H and O–H groups in total. The Morgan fingerprint density at radius 1 is 1.22 bits per heavy atom. The Morgan fingerprint density at radius 3 is 2.43 bits per heavy atom. The number of carboxylic acids is 1. The minimum absolute atomic E-state index is 0.109. The molecule has 6 heteroatoms. The van der Waals surface area contributed by atoms with Crippen LogP contribution in [0.15, 0.2) is 29.4 Å². The van der Waals surface area contributed by atoms with Gasteiger partial charge in [0.2, 0.25) is 0 Å². The molecular formula is C17H21N3O3. The van der Waals surface area contributed by atoms with Crippen molar-refractivity contribution in [3.8, 4) is 0 Å². The van der Waals surface area contributed by atoms with Crippen LogP contribution in [0, 0.1) is 5.41 Å². The van der Waals surface area contributed by atoms with E-state index in [0.717, 1.165) is 24.4 Å². The molecule has 1 aromatic rings. The SMILES string of the molecule is CC1=NN(c2ccc(C(=O)N3CCC(C)(C(=O)O)C3)cc2)CC1. The van der Waals surface area contributed by atoms with Gasteiger partial charge in [0.1, 0.15) is 0 Å². The van der Waals surface area contributed by atoms with E-state index in [2.05, 4.69) is 5.10 Å². The molecule has 6 nitrogen and oxygen atoms in total. The number of amides is 1. The number of carbonyl (C=O) groups excluding carboxylic acids is 1. The number of hydrazone groups is 1. The van der Waals surface area contributed by atoms with E-state index < -0.39 is 11.4 Å². The van der Waals surface area contributed by atoms with Crippen LogP contribution in [0.25, 0.3) is 0 Å². The van der Waals surface area contributed by atoms with Gasteiger partial charge in [-0.15, -0.1) is 0 Å². The number of hydrogen-bond donors (Lipinski definition) is 1. The summed E-state index contributed by atoms with van der Waals surface area (Å²) in [5.74, 6) is -0.951. The molecule has 0 aromatic heterocycles. The van der Waals surface area contributed by atoms with Gasteiger partial charge in [-0.25, -0.2) is 0 Å². The van der Waals surface area contributed by atoms with Crippen LogP contribution in [0.3, 0.4) is 0 Å². The first-order valence-electron chi connectivity index (χ1n) is 7.83. The molecule has 2 aliphatic rings. The van der Waals surface area contributed by atoms with Gasteiger partial charge >= 0.3 is 5.97 Å².